The molecule has 2 aliphatic heterocycles. The zero-order valence-electron chi connectivity index (χ0n) is 15.5. The molecular weight excluding hydrogens is 334 g/mol. The van der Waals surface area contributed by atoms with Crippen molar-refractivity contribution < 1.29 is 9.59 Å². The Hall–Kier alpha value is -1.40. The number of rotatable bonds is 4. The molecule has 1 aromatic heterocycles. The second kappa shape index (κ2) is 7.87. The molecule has 0 N–H and O–H groups in total. The molecule has 25 heavy (non-hydrogen) atoms. The third kappa shape index (κ3) is 4.23. The molecule has 2 aliphatic rings. The average molecular weight is 364 g/mol. The van der Waals surface area contributed by atoms with Gasteiger partial charge in [0.25, 0.3) is 0 Å². The third-order valence-corrected chi connectivity index (χ3v) is 6.59. The Kier molecular flexibility index (Phi) is 5.79. The number of fused-ring (bicyclic) bond motifs is 1. The first-order chi connectivity index (χ1) is 12.0. The molecule has 0 saturated carbocycles. The first kappa shape index (κ1) is 18.4. The highest BCUT2D eigenvalue weighted by atomic mass is 32.1. The van der Waals surface area contributed by atoms with Crippen molar-refractivity contribution in [3.05, 3.63) is 21.9 Å². The minimum absolute atomic E-state index is 0.0693. The Bertz CT molecular complexity index is 620. The zero-order chi connectivity index (χ0) is 18.0. The highest BCUT2D eigenvalue weighted by molar-refractivity contribution is 7.10. The summed E-state index contributed by atoms with van der Waals surface area (Å²) >= 11 is 1.82. The Morgan fingerprint density at radius 2 is 2.00 bits per heavy atom. The number of carbonyl (C=O) groups excluding carboxylic acids is 2. The maximum absolute atomic E-state index is 12.6. The number of hydrogen-bond acceptors (Lipinski definition) is 4. The van der Waals surface area contributed by atoms with Gasteiger partial charge in [0, 0.05) is 50.1 Å². The van der Waals surface area contributed by atoms with E-state index in [1.807, 2.05) is 42.0 Å². The lowest BCUT2D eigenvalue weighted by Crippen LogP contribution is -2.48. The summed E-state index contributed by atoms with van der Waals surface area (Å²) < 4.78 is 0. The Morgan fingerprint density at radius 3 is 2.68 bits per heavy atom. The van der Waals surface area contributed by atoms with Crippen LogP contribution in [0.25, 0.3) is 0 Å². The fraction of sp³-hybridized carbons (Fsp3) is 0.684. The highest BCUT2D eigenvalue weighted by Gasteiger charge is 2.30. The van der Waals surface area contributed by atoms with E-state index in [1.165, 1.54) is 10.4 Å². The second-order valence-corrected chi connectivity index (χ2v) is 8.53. The van der Waals surface area contributed by atoms with Crippen molar-refractivity contribution in [3.8, 4) is 0 Å². The lowest BCUT2D eigenvalue weighted by molar-refractivity contribution is -0.141. The molecule has 0 aliphatic carbocycles. The number of thiophene rings is 1. The van der Waals surface area contributed by atoms with Gasteiger partial charge in [-0.2, -0.15) is 0 Å². The van der Waals surface area contributed by atoms with E-state index in [9.17, 15) is 9.59 Å². The molecule has 3 heterocycles. The number of carbonyl (C=O) groups is 2. The van der Waals surface area contributed by atoms with Crippen molar-refractivity contribution in [2.45, 2.75) is 45.7 Å². The van der Waals surface area contributed by atoms with Gasteiger partial charge in [0.1, 0.15) is 0 Å². The standard InChI is InChI=1S/C19H29N3O2S/c1-14(2)20(3)19(24)15-4-9-22(10-5-15)18(23)13-21-8-6-17-16(12-21)7-11-25-17/h7,11,14-15H,4-6,8-10,12-13H2,1-3H3. The van der Waals surface area contributed by atoms with E-state index in [2.05, 4.69) is 16.3 Å². The summed E-state index contributed by atoms with van der Waals surface area (Å²) in [5.74, 6) is 0.504. The minimum Gasteiger partial charge on any atom is -0.343 e. The fourth-order valence-electron chi connectivity index (χ4n) is 3.65. The van der Waals surface area contributed by atoms with Crippen LogP contribution in [-0.4, -0.2) is 65.8 Å². The van der Waals surface area contributed by atoms with Crippen molar-refractivity contribution >= 4 is 23.2 Å². The van der Waals surface area contributed by atoms with Gasteiger partial charge < -0.3 is 9.80 Å². The van der Waals surface area contributed by atoms with Crippen LogP contribution in [-0.2, 0) is 22.6 Å². The van der Waals surface area contributed by atoms with Crippen LogP contribution in [0.2, 0.25) is 0 Å². The molecule has 0 radical (unpaired) electrons. The summed E-state index contributed by atoms with van der Waals surface area (Å²) in [6.45, 7) is 7.84. The minimum atomic E-state index is 0.0693. The number of nitrogens with zero attached hydrogens (tertiary/aromatic N) is 3. The Balaban J connectivity index is 1.47. The van der Waals surface area contributed by atoms with Crippen molar-refractivity contribution in [3.63, 3.8) is 0 Å². The van der Waals surface area contributed by atoms with E-state index >= 15 is 0 Å². The Labute approximate surface area is 154 Å². The van der Waals surface area contributed by atoms with Crippen molar-refractivity contribution in [2.75, 3.05) is 33.2 Å². The molecule has 1 aromatic rings. The topological polar surface area (TPSA) is 43.9 Å². The van der Waals surface area contributed by atoms with Gasteiger partial charge in [0.05, 0.1) is 6.54 Å². The molecule has 0 unspecified atom stereocenters. The third-order valence-electron chi connectivity index (χ3n) is 5.56. The van der Waals surface area contributed by atoms with Crippen molar-refractivity contribution in [2.24, 2.45) is 5.92 Å². The first-order valence-corrected chi connectivity index (χ1v) is 10.2. The molecule has 0 bridgehead atoms. The van der Waals surface area contributed by atoms with E-state index in [1.54, 1.807) is 0 Å². The summed E-state index contributed by atoms with van der Waals surface area (Å²) in [6.07, 6.45) is 2.63. The molecule has 3 rings (SSSR count). The lowest BCUT2D eigenvalue weighted by atomic mass is 9.95. The van der Waals surface area contributed by atoms with Crippen LogP contribution >= 0.6 is 11.3 Å². The number of hydrogen-bond donors (Lipinski definition) is 0. The van der Waals surface area contributed by atoms with Gasteiger partial charge in [-0.25, -0.2) is 0 Å². The van der Waals surface area contributed by atoms with Gasteiger partial charge in [0.15, 0.2) is 0 Å². The second-order valence-electron chi connectivity index (χ2n) is 7.53. The molecule has 6 heteroatoms. The van der Waals surface area contributed by atoms with Gasteiger partial charge >= 0.3 is 0 Å². The first-order valence-electron chi connectivity index (χ1n) is 9.27. The maximum Gasteiger partial charge on any atom is 0.236 e. The van der Waals surface area contributed by atoms with Crippen molar-refractivity contribution in [1.29, 1.82) is 0 Å². The lowest BCUT2D eigenvalue weighted by Gasteiger charge is -2.35. The van der Waals surface area contributed by atoms with Crippen molar-refractivity contribution in [1.82, 2.24) is 14.7 Å². The van der Waals surface area contributed by atoms with Crippen LogP contribution in [0.5, 0.6) is 0 Å². The molecular formula is C19H29N3O2S. The normalized spacial score (nSPS) is 19.1. The predicted molar refractivity (Wildman–Crippen MR) is 101 cm³/mol. The molecule has 5 nitrogen and oxygen atoms in total. The smallest absolute Gasteiger partial charge is 0.236 e. The van der Waals surface area contributed by atoms with Gasteiger partial charge in [-0.3, -0.25) is 14.5 Å². The van der Waals surface area contributed by atoms with E-state index in [0.717, 1.165) is 32.4 Å². The van der Waals surface area contributed by atoms with Gasteiger partial charge in [-0.05, 0) is 50.1 Å². The molecule has 2 amide bonds. The summed E-state index contributed by atoms with van der Waals surface area (Å²) in [5, 5.41) is 2.14. The van der Waals surface area contributed by atoms with Crippen LogP contribution in [0.1, 0.15) is 37.1 Å². The summed E-state index contributed by atoms with van der Waals surface area (Å²) in [4.78, 5) is 32.6. The van der Waals surface area contributed by atoms with Crippen LogP contribution in [0.15, 0.2) is 11.4 Å². The van der Waals surface area contributed by atoms with Crippen LogP contribution in [0.4, 0.5) is 0 Å². The van der Waals surface area contributed by atoms with E-state index in [4.69, 9.17) is 0 Å². The molecule has 0 aromatic carbocycles. The van der Waals surface area contributed by atoms with E-state index < -0.39 is 0 Å². The largest absolute Gasteiger partial charge is 0.343 e. The number of piperidine rings is 1. The number of likely N-dealkylation sites (tertiary alicyclic amines) is 1. The van der Waals surface area contributed by atoms with Gasteiger partial charge in [-0.15, -0.1) is 11.3 Å². The fourth-order valence-corrected chi connectivity index (χ4v) is 4.54. The number of amides is 2. The molecule has 138 valence electrons. The SMILES string of the molecule is CC(C)N(C)C(=O)C1CCN(C(=O)CN2CCc3sccc3C2)CC1. The van der Waals surface area contributed by atoms with Crippen LogP contribution in [0, 0.1) is 5.92 Å². The quantitative estimate of drug-likeness (QED) is 0.824. The van der Waals surface area contributed by atoms with E-state index in [-0.39, 0.29) is 23.8 Å². The molecule has 1 fully saturated rings. The summed E-state index contributed by atoms with van der Waals surface area (Å²) in [5.41, 5.74) is 1.38. The molecule has 0 atom stereocenters. The van der Waals surface area contributed by atoms with E-state index in [0.29, 0.717) is 19.6 Å². The summed E-state index contributed by atoms with van der Waals surface area (Å²) in [7, 11) is 1.87. The van der Waals surface area contributed by atoms with Gasteiger partial charge in [-0.1, -0.05) is 0 Å². The summed E-state index contributed by atoms with van der Waals surface area (Å²) in [6, 6.07) is 2.41. The van der Waals surface area contributed by atoms with Crippen LogP contribution < -0.4 is 0 Å². The zero-order valence-corrected chi connectivity index (χ0v) is 16.3. The average Bonchev–Trinajstić information content (AvgIpc) is 3.08. The highest BCUT2D eigenvalue weighted by Crippen LogP contribution is 2.24. The molecule has 0 spiro atoms. The monoisotopic (exact) mass is 363 g/mol. The van der Waals surface area contributed by atoms with Crippen LogP contribution in [0.3, 0.4) is 0 Å². The maximum atomic E-state index is 12.6. The van der Waals surface area contributed by atoms with Gasteiger partial charge in [0.2, 0.25) is 11.8 Å². The Morgan fingerprint density at radius 1 is 1.28 bits per heavy atom. The molecule has 1 saturated heterocycles. The predicted octanol–water partition coefficient (Wildman–Crippen LogP) is 2.21.